The highest BCUT2D eigenvalue weighted by Crippen LogP contribution is 2.21. The number of para-hydroxylation sites is 1. The Morgan fingerprint density at radius 1 is 1.36 bits per heavy atom. The number of aryl methyl sites for hydroxylation is 1. The van der Waals surface area contributed by atoms with E-state index in [-0.39, 0.29) is 17.7 Å². The number of carbonyl (C=O) groups is 2. The van der Waals surface area contributed by atoms with E-state index in [1.54, 1.807) is 0 Å². The normalized spacial score (nSPS) is 18.1. The highest BCUT2D eigenvalue weighted by Gasteiger charge is 2.34. The minimum absolute atomic E-state index is 0.0576. The van der Waals surface area contributed by atoms with Gasteiger partial charge in [0.25, 0.3) is 0 Å². The van der Waals surface area contributed by atoms with Crippen LogP contribution in [0, 0.1) is 12.8 Å². The minimum atomic E-state index is -0.244. The molecule has 1 saturated heterocycles. The first-order chi connectivity index (χ1) is 10.5. The van der Waals surface area contributed by atoms with Crippen LogP contribution in [-0.4, -0.2) is 55.3 Å². The molecule has 5 nitrogen and oxygen atoms in total. The van der Waals surface area contributed by atoms with E-state index < -0.39 is 0 Å². The van der Waals surface area contributed by atoms with E-state index in [0.717, 1.165) is 30.8 Å². The van der Waals surface area contributed by atoms with Crippen molar-refractivity contribution >= 4 is 17.5 Å². The quantitative estimate of drug-likeness (QED) is 0.871. The first kappa shape index (κ1) is 16.5. The number of hydrogen-bond donors (Lipinski definition) is 1. The zero-order chi connectivity index (χ0) is 16.1. The topological polar surface area (TPSA) is 52.7 Å². The lowest BCUT2D eigenvalue weighted by Gasteiger charge is -2.18. The summed E-state index contributed by atoms with van der Waals surface area (Å²) < 4.78 is 0. The highest BCUT2D eigenvalue weighted by molar-refractivity contribution is 5.97. The molecule has 22 heavy (non-hydrogen) atoms. The van der Waals surface area contributed by atoms with Gasteiger partial charge in [0, 0.05) is 25.2 Å². The third kappa shape index (κ3) is 4.31. The second-order valence-corrected chi connectivity index (χ2v) is 6.20. The number of likely N-dealkylation sites (tertiary alicyclic amines) is 1. The van der Waals surface area contributed by atoms with E-state index in [4.69, 9.17) is 0 Å². The molecule has 1 N–H and O–H groups in total. The molecule has 0 aliphatic carbocycles. The van der Waals surface area contributed by atoms with Crippen molar-refractivity contribution in [2.24, 2.45) is 5.92 Å². The fraction of sp³-hybridized carbons (Fsp3) is 0.529. The molecule has 120 valence electrons. The largest absolute Gasteiger partial charge is 0.342 e. The van der Waals surface area contributed by atoms with Crippen LogP contribution in [-0.2, 0) is 9.59 Å². The van der Waals surface area contributed by atoms with Gasteiger partial charge in [0.15, 0.2) is 0 Å². The van der Waals surface area contributed by atoms with E-state index in [1.165, 1.54) is 0 Å². The third-order valence-electron chi connectivity index (χ3n) is 4.02. The molecule has 2 rings (SSSR count). The maximum absolute atomic E-state index is 12.3. The van der Waals surface area contributed by atoms with Crippen molar-refractivity contribution in [2.75, 3.05) is 39.0 Å². The van der Waals surface area contributed by atoms with Crippen LogP contribution in [0.15, 0.2) is 24.3 Å². The number of nitrogens with one attached hydrogen (secondary N) is 1. The first-order valence-corrected chi connectivity index (χ1v) is 7.76. The lowest BCUT2D eigenvalue weighted by molar-refractivity contribution is -0.128. The molecule has 5 heteroatoms. The summed E-state index contributed by atoms with van der Waals surface area (Å²) in [6, 6.07) is 7.69. The van der Waals surface area contributed by atoms with Crippen molar-refractivity contribution in [2.45, 2.75) is 19.8 Å². The molecule has 1 aliphatic heterocycles. The van der Waals surface area contributed by atoms with Crippen LogP contribution in [0.3, 0.4) is 0 Å². The molecular formula is C17H25N3O2. The van der Waals surface area contributed by atoms with Gasteiger partial charge in [0.05, 0.1) is 5.92 Å². The van der Waals surface area contributed by atoms with Gasteiger partial charge in [-0.15, -0.1) is 0 Å². The van der Waals surface area contributed by atoms with Crippen LogP contribution in [0.25, 0.3) is 0 Å². The molecular weight excluding hydrogens is 278 g/mol. The van der Waals surface area contributed by atoms with Crippen LogP contribution in [0.2, 0.25) is 0 Å². The Balaban J connectivity index is 1.87. The number of carbonyl (C=O) groups excluding carboxylic acids is 2. The Hall–Kier alpha value is -1.88. The highest BCUT2D eigenvalue weighted by atomic mass is 16.2. The minimum Gasteiger partial charge on any atom is -0.342 e. The van der Waals surface area contributed by atoms with E-state index >= 15 is 0 Å². The molecule has 1 unspecified atom stereocenters. The average Bonchev–Trinajstić information content (AvgIpc) is 2.83. The van der Waals surface area contributed by atoms with Gasteiger partial charge >= 0.3 is 0 Å². The molecule has 0 spiro atoms. The molecule has 0 aromatic heterocycles. The second kappa shape index (κ2) is 7.40. The second-order valence-electron chi connectivity index (χ2n) is 6.20. The summed E-state index contributed by atoms with van der Waals surface area (Å²) >= 11 is 0. The van der Waals surface area contributed by atoms with Crippen molar-refractivity contribution in [1.29, 1.82) is 0 Å². The van der Waals surface area contributed by atoms with Gasteiger partial charge in [-0.2, -0.15) is 0 Å². The number of hydrogen-bond acceptors (Lipinski definition) is 3. The molecule has 1 fully saturated rings. The van der Waals surface area contributed by atoms with Gasteiger partial charge in [-0.05, 0) is 45.6 Å². The molecule has 0 saturated carbocycles. The Labute approximate surface area is 132 Å². The van der Waals surface area contributed by atoms with Crippen molar-refractivity contribution in [1.82, 2.24) is 9.80 Å². The molecule has 1 aromatic rings. The molecule has 1 atom stereocenters. The van der Waals surface area contributed by atoms with Gasteiger partial charge in [-0.3, -0.25) is 9.59 Å². The maximum Gasteiger partial charge on any atom is 0.229 e. The van der Waals surface area contributed by atoms with Crippen molar-refractivity contribution < 1.29 is 9.59 Å². The molecule has 1 aromatic carbocycles. The number of benzene rings is 1. The van der Waals surface area contributed by atoms with Crippen LogP contribution in [0.5, 0.6) is 0 Å². The Morgan fingerprint density at radius 2 is 2.09 bits per heavy atom. The predicted octanol–water partition coefficient (Wildman–Crippen LogP) is 1.73. The Kier molecular flexibility index (Phi) is 5.55. The molecule has 2 amide bonds. The van der Waals surface area contributed by atoms with E-state index in [9.17, 15) is 9.59 Å². The van der Waals surface area contributed by atoms with E-state index in [0.29, 0.717) is 13.0 Å². The number of nitrogens with zero attached hydrogens (tertiary/aromatic N) is 2. The average molecular weight is 303 g/mol. The maximum atomic E-state index is 12.3. The van der Waals surface area contributed by atoms with Gasteiger partial charge in [-0.1, -0.05) is 18.2 Å². The smallest absolute Gasteiger partial charge is 0.229 e. The summed E-state index contributed by atoms with van der Waals surface area (Å²) in [5.74, 6) is -0.215. The molecule has 1 heterocycles. The fourth-order valence-electron chi connectivity index (χ4n) is 2.69. The van der Waals surface area contributed by atoms with E-state index in [2.05, 4.69) is 10.2 Å². The zero-order valence-corrected chi connectivity index (χ0v) is 13.6. The van der Waals surface area contributed by atoms with Crippen LogP contribution in [0.4, 0.5) is 5.69 Å². The van der Waals surface area contributed by atoms with Crippen LogP contribution < -0.4 is 5.32 Å². The van der Waals surface area contributed by atoms with Crippen molar-refractivity contribution in [3.8, 4) is 0 Å². The first-order valence-electron chi connectivity index (χ1n) is 7.76. The summed E-state index contributed by atoms with van der Waals surface area (Å²) in [5.41, 5.74) is 1.86. The van der Waals surface area contributed by atoms with Gasteiger partial charge in [-0.25, -0.2) is 0 Å². The zero-order valence-electron chi connectivity index (χ0n) is 13.6. The summed E-state index contributed by atoms with van der Waals surface area (Å²) in [7, 11) is 4.04. The summed E-state index contributed by atoms with van der Waals surface area (Å²) in [4.78, 5) is 28.3. The monoisotopic (exact) mass is 303 g/mol. The van der Waals surface area contributed by atoms with Crippen molar-refractivity contribution in [3.05, 3.63) is 29.8 Å². The molecule has 1 aliphatic rings. The van der Waals surface area contributed by atoms with Crippen molar-refractivity contribution in [3.63, 3.8) is 0 Å². The number of amides is 2. The Morgan fingerprint density at radius 3 is 2.77 bits per heavy atom. The summed E-state index contributed by atoms with van der Waals surface area (Å²) in [6.07, 6.45) is 1.25. The number of anilines is 1. The summed E-state index contributed by atoms with van der Waals surface area (Å²) in [6.45, 7) is 4.17. The molecule has 0 bridgehead atoms. The number of rotatable bonds is 6. The van der Waals surface area contributed by atoms with E-state index in [1.807, 2.05) is 50.2 Å². The third-order valence-corrected chi connectivity index (χ3v) is 4.02. The van der Waals surface area contributed by atoms with Gasteiger partial charge in [0.1, 0.15) is 0 Å². The van der Waals surface area contributed by atoms with Gasteiger partial charge in [0.2, 0.25) is 11.8 Å². The lowest BCUT2D eigenvalue weighted by Crippen LogP contribution is -2.30. The standard InChI is InChI=1S/C17H25N3O2/c1-13-7-4-5-8-15(13)18-17(22)14-11-16(21)20(12-14)10-6-9-19(2)3/h4-5,7-8,14H,6,9-12H2,1-3H3,(H,18,22). The van der Waals surface area contributed by atoms with Crippen LogP contribution >= 0.6 is 0 Å². The van der Waals surface area contributed by atoms with Gasteiger partial charge < -0.3 is 15.1 Å². The Bertz CT molecular complexity index is 542. The molecule has 0 radical (unpaired) electrons. The lowest BCUT2D eigenvalue weighted by atomic mass is 10.1. The fourth-order valence-corrected chi connectivity index (χ4v) is 2.69. The SMILES string of the molecule is Cc1ccccc1NC(=O)C1CC(=O)N(CCCN(C)C)C1. The summed E-state index contributed by atoms with van der Waals surface area (Å²) in [5, 5.41) is 2.94. The predicted molar refractivity (Wildman–Crippen MR) is 87.7 cm³/mol. The van der Waals surface area contributed by atoms with Crippen LogP contribution in [0.1, 0.15) is 18.4 Å².